The minimum absolute atomic E-state index is 0.477. The zero-order valence-electron chi connectivity index (χ0n) is 11.1. The number of aromatic nitrogens is 1. The SMILES string of the molecule is Cc1cccc(C(CN(C)C)CN(C)C)n1. The molecule has 0 atom stereocenters. The van der Waals surface area contributed by atoms with Crippen LogP contribution in [0.3, 0.4) is 0 Å². The summed E-state index contributed by atoms with van der Waals surface area (Å²) in [5.41, 5.74) is 2.29. The van der Waals surface area contributed by atoms with Crippen molar-refractivity contribution in [2.45, 2.75) is 12.8 Å². The number of hydrogen-bond acceptors (Lipinski definition) is 3. The van der Waals surface area contributed by atoms with Crippen molar-refractivity contribution in [3.63, 3.8) is 0 Å². The van der Waals surface area contributed by atoms with Gasteiger partial charge in [-0.3, -0.25) is 4.98 Å². The van der Waals surface area contributed by atoms with Crippen LogP contribution in [0.4, 0.5) is 0 Å². The van der Waals surface area contributed by atoms with E-state index in [0.717, 1.165) is 18.8 Å². The van der Waals surface area contributed by atoms with Crippen LogP contribution < -0.4 is 0 Å². The summed E-state index contributed by atoms with van der Waals surface area (Å²) >= 11 is 0. The highest BCUT2D eigenvalue weighted by atomic mass is 15.1. The zero-order chi connectivity index (χ0) is 12.1. The summed E-state index contributed by atoms with van der Waals surface area (Å²) in [7, 11) is 8.44. The molecule has 1 rings (SSSR count). The van der Waals surface area contributed by atoms with E-state index in [1.165, 1.54) is 5.69 Å². The minimum Gasteiger partial charge on any atom is -0.309 e. The van der Waals surface area contributed by atoms with Gasteiger partial charge in [0.1, 0.15) is 0 Å². The first-order chi connectivity index (χ1) is 7.49. The van der Waals surface area contributed by atoms with E-state index in [9.17, 15) is 0 Å². The molecule has 0 saturated heterocycles. The van der Waals surface area contributed by atoms with Crippen molar-refractivity contribution >= 4 is 0 Å². The monoisotopic (exact) mass is 221 g/mol. The van der Waals surface area contributed by atoms with E-state index >= 15 is 0 Å². The third-order valence-corrected chi connectivity index (χ3v) is 2.50. The molecule has 1 heterocycles. The molecule has 1 aromatic rings. The van der Waals surface area contributed by atoms with Crippen molar-refractivity contribution in [2.75, 3.05) is 41.3 Å². The van der Waals surface area contributed by atoms with Crippen LogP contribution in [0.2, 0.25) is 0 Å². The smallest absolute Gasteiger partial charge is 0.0463 e. The number of rotatable bonds is 5. The van der Waals surface area contributed by atoms with Gasteiger partial charge in [0.25, 0.3) is 0 Å². The van der Waals surface area contributed by atoms with E-state index in [0.29, 0.717) is 5.92 Å². The molecular weight excluding hydrogens is 198 g/mol. The first-order valence-electron chi connectivity index (χ1n) is 5.72. The minimum atomic E-state index is 0.477. The van der Waals surface area contributed by atoms with Crippen molar-refractivity contribution in [2.24, 2.45) is 0 Å². The summed E-state index contributed by atoms with van der Waals surface area (Å²) in [5, 5.41) is 0. The van der Waals surface area contributed by atoms with Gasteiger partial charge < -0.3 is 9.80 Å². The first kappa shape index (κ1) is 13.1. The van der Waals surface area contributed by atoms with Gasteiger partial charge in [-0.2, -0.15) is 0 Å². The fourth-order valence-corrected chi connectivity index (χ4v) is 1.92. The largest absolute Gasteiger partial charge is 0.309 e. The Morgan fingerprint density at radius 1 is 1.06 bits per heavy atom. The lowest BCUT2D eigenvalue weighted by atomic mass is 10.0. The third-order valence-electron chi connectivity index (χ3n) is 2.50. The van der Waals surface area contributed by atoms with Gasteiger partial charge in [0.15, 0.2) is 0 Å². The van der Waals surface area contributed by atoms with Crippen LogP contribution in [0.5, 0.6) is 0 Å². The Balaban J connectivity index is 2.82. The summed E-state index contributed by atoms with van der Waals surface area (Å²) in [5.74, 6) is 0.477. The molecule has 1 aromatic heterocycles. The summed E-state index contributed by atoms with van der Waals surface area (Å²) in [4.78, 5) is 9.07. The van der Waals surface area contributed by atoms with Gasteiger partial charge in [-0.05, 0) is 47.2 Å². The van der Waals surface area contributed by atoms with E-state index in [-0.39, 0.29) is 0 Å². The lowest BCUT2D eigenvalue weighted by Crippen LogP contribution is -2.29. The molecule has 90 valence electrons. The second-order valence-electron chi connectivity index (χ2n) is 4.93. The van der Waals surface area contributed by atoms with Gasteiger partial charge in [0.2, 0.25) is 0 Å². The van der Waals surface area contributed by atoms with Crippen LogP contribution in [0.25, 0.3) is 0 Å². The van der Waals surface area contributed by atoms with E-state index in [2.05, 4.69) is 55.1 Å². The van der Waals surface area contributed by atoms with Crippen molar-refractivity contribution in [3.05, 3.63) is 29.6 Å². The summed E-state index contributed by atoms with van der Waals surface area (Å²) in [6, 6.07) is 6.27. The maximum Gasteiger partial charge on any atom is 0.0463 e. The predicted octanol–water partition coefficient (Wildman–Crippen LogP) is 1.60. The van der Waals surface area contributed by atoms with Crippen LogP contribution in [-0.4, -0.2) is 56.1 Å². The molecule has 3 nitrogen and oxygen atoms in total. The molecule has 0 aromatic carbocycles. The Morgan fingerprint density at radius 3 is 2.06 bits per heavy atom. The zero-order valence-corrected chi connectivity index (χ0v) is 11.1. The standard InChI is InChI=1S/C13H23N3/c1-11-7-6-8-13(14-11)12(9-15(2)3)10-16(4)5/h6-8,12H,9-10H2,1-5H3. The van der Waals surface area contributed by atoms with Crippen molar-refractivity contribution in [1.29, 1.82) is 0 Å². The van der Waals surface area contributed by atoms with Gasteiger partial charge in [-0.25, -0.2) is 0 Å². The molecule has 0 bridgehead atoms. The molecule has 0 fully saturated rings. The number of nitrogens with zero attached hydrogens (tertiary/aromatic N) is 3. The highest BCUT2D eigenvalue weighted by molar-refractivity contribution is 5.15. The fraction of sp³-hybridized carbons (Fsp3) is 0.615. The number of hydrogen-bond donors (Lipinski definition) is 0. The Kier molecular flexibility index (Phi) is 4.90. The number of pyridine rings is 1. The van der Waals surface area contributed by atoms with Crippen LogP contribution in [0.15, 0.2) is 18.2 Å². The second kappa shape index (κ2) is 5.97. The summed E-state index contributed by atoms with van der Waals surface area (Å²) in [6.45, 7) is 4.12. The molecular formula is C13H23N3. The Morgan fingerprint density at radius 2 is 1.62 bits per heavy atom. The van der Waals surface area contributed by atoms with Crippen LogP contribution >= 0.6 is 0 Å². The highest BCUT2D eigenvalue weighted by Crippen LogP contribution is 2.15. The molecule has 0 unspecified atom stereocenters. The van der Waals surface area contributed by atoms with Crippen molar-refractivity contribution in [3.8, 4) is 0 Å². The summed E-state index contributed by atoms with van der Waals surface area (Å²) in [6.07, 6.45) is 0. The molecule has 0 radical (unpaired) electrons. The maximum atomic E-state index is 4.63. The fourth-order valence-electron chi connectivity index (χ4n) is 1.92. The van der Waals surface area contributed by atoms with Gasteiger partial charge in [0.05, 0.1) is 0 Å². The van der Waals surface area contributed by atoms with E-state index < -0.39 is 0 Å². The average Bonchev–Trinajstić information content (AvgIpc) is 2.15. The van der Waals surface area contributed by atoms with Crippen LogP contribution in [0, 0.1) is 6.92 Å². The maximum absolute atomic E-state index is 4.63. The Labute approximate surface area is 99.1 Å². The highest BCUT2D eigenvalue weighted by Gasteiger charge is 2.15. The van der Waals surface area contributed by atoms with Crippen LogP contribution in [0.1, 0.15) is 17.3 Å². The number of likely N-dealkylation sites (N-methyl/N-ethyl adjacent to an activating group) is 2. The summed E-state index contributed by atoms with van der Waals surface area (Å²) < 4.78 is 0. The molecule has 0 saturated carbocycles. The molecule has 0 aliphatic carbocycles. The lowest BCUT2D eigenvalue weighted by molar-refractivity contribution is 0.304. The molecule has 0 aliphatic rings. The first-order valence-corrected chi connectivity index (χ1v) is 5.72. The van der Waals surface area contributed by atoms with Gasteiger partial charge in [-0.1, -0.05) is 6.07 Å². The quantitative estimate of drug-likeness (QED) is 0.753. The molecule has 0 aliphatic heterocycles. The van der Waals surface area contributed by atoms with Crippen LogP contribution in [-0.2, 0) is 0 Å². The normalized spacial score (nSPS) is 11.8. The third kappa shape index (κ3) is 4.29. The van der Waals surface area contributed by atoms with E-state index in [4.69, 9.17) is 0 Å². The Bertz CT molecular complexity index is 311. The molecule has 0 amide bonds. The van der Waals surface area contributed by atoms with Gasteiger partial charge in [0, 0.05) is 30.4 Å². The molecule has 3 heteroatoms. The Hall–Kier alpha value is -0.930. The molecule has 0 N–H and O–H groups in total. The predicted molar refractivity (Wildman–Crippen MR) is 68.8 cm³/mol. The van der Waals surface area contributed by atoms with Gasteiger partial charge in [-0.15, -0.1) is 0 Å². The lowest BCUT2D eigenvalue weighted by Gasteiger charge is -2.24. The number of aryl methyl sites for hydroxylation is 1. The second-order valence-corrected chi connectivity index (χ2v) is 4.93. The molecule has 16 heavy (non-hydrogen) atoms. The van der Waals surface area contributed by atoms with Crippen molar-refractivity contribution in [1.82, 2.24) is 14.8 Å². The molecule has 0 spiro atoms. The van der Waals surface area contributed by atoms with Gasteiger partial charge >= 0.3 is 0 Å². The topological polar surface area (TPSA) is 19.4 Å². The van der Waals surface area contributed by atoms with Crippen molar-refractivity contribution < 1.29 is 0 Å². The average molecular weight is 221 g/mol. The van der Waals surface area contributed by atoms with E-state index in [1.54, 1.807) is 0 Å². The van der Waals surface area contributed by atoms with E-state index in [1.807, 2.05) is 13.0 Å².